The largest absolute Gasteiger partial charge is 0.463 e. The minimum atomic E-state index is -0.590. The number of nitrogens with zero attached hydrogens (tertiary/aromatic N) is 1. The fourth-order valence-electron chi connectivity index (χ4n) is 3.94. The van der Waals surface area contributed by atoms with Gasteiger partial charge in [-0.3, -0.25) is 9.59 Å². The number of nitrogens with one attached hydrogen (secondary N) is 1. The van der Waals surface area contributed by atoms with E-state index >= 15 is 0 Å². The summed E-state index contributed by atoms with van der Waals surface area (Å²) in [4.78, 5) is 28.9. The Labute approximate surface area is 191 Å². The number of hydrogen-bond donors (Lipinski definition) is 1. The third-order valence-corrected chi connectivity index (χ3v) is 6.27. The van der Waals surface area contributed by atoms with Gasteiger partial charge in [0, 0.05) is 28.9 Å². The van der Waals surface area contributed by atoms with Crippen molar-refractivity contribution in [3.05, 3.63) is 28.5 Å². The fraction of sp³-hybridized carbons (Fsp3) is 0.545. The Morgan fingerprint density at radius 1 is 1.26 bits per heavy atom. The molecule has 1 aromatic carbocycles. The van der Waals surface area contributed by atoms with Gasteiger partial charge in [-0.2, -0.15) is 0 Å². The lowest BCUT2D eigenvalue weighted by molar-refractivity contribution is -0.145. The summed E-state index contributed by atoms with van der Waals surface area (Å²) in [6.45, 7) is 2.95. The highest BCUT2D eigenvalue weighted by molar-refractivity contribution is 7.80. The summed E-state index contributed by atoms with van der Waals surface area (Å²) in [7, 11) is 0. The quantitative estimate of drug-likeness (QED) is 0.249. The van der Waals surface area contributed by atoms with Gasteiger partial charge in [0.1, 0.15) is 23.9 Å². The molecule has 1 aromatic rings. The third kappa shape index (κ3) is 6.08. The average Bonchev–Trinajstić information content (AvgIpc) is 3.07. The van der Waals surface area contributed by atoms with Crippen molar-refractivity contribution in [2.24, 2.45) is 16.8 Å². The first-order valence-electron chi connectivity index (χ1n) is 10.6. The smallest absolute Gasteiger partial charge is 0.306 e. The van der Waals surface area contributed by atoms with Crippen LogP contribution in [0.5, 0.6) is 0 Å². The van der Waals surface area contributed by atoms with E-state index in [-0.39, 0.29) is 47.9 Å². The molecule has 0 radical (unpaired) electrons. The van der Waals surface area contributed by atoms with Crippen molar-refractivity contribution in [2.75, 3.05) is 19.8 Å². The van der Waals surface area contributed by atoms with Crippen LogP contribution in [0.1, 0.15) is 51.0 Å². The Balaban J connectivity index is 1.69. The molecule has 6 nitrogen and oxygen atoms in total. The zero-order chi connectivity index (χ0) is 22.4. The van der Waals surface area contributed by atoms with E-state index in [0.717, 1.165) is 31.7 Å². The van der Waals surface area contributed by atoms with E-state index < -0.39 is 11.8 Å². The second-order valence-corrected chi connectivity index (χ2v) is 8.51. The maximum Gasteiger partial charge on any atom is 0.306 e. The molecule has 3 rings (SSSR count). The van der Waals surface area contributed by atoms with Gasteiger partial charge in [0.15, 0.2) is 0 Å². The van der Waals surface area contributed by atoms with Gasteiger partial charge in [0.25, 0.3) is 0 Å². The van der Waals surface area contributed by atoms with E-state index in [1.165, 1.54) is 6.07 Å². The molecule has 2 aliphatic rings. The van der Waals surface area contributed by atoms with Crippen molar-refractivity contribution in [3.63, 3.8) is 0 Å². The van der Waals surface area contributed by atoms with Crippen molar-refractivity contribution >= 4 is 52.1 Å². The maximum atomic E-state index is 14.6. The van der Waals surface area contributed by atoms with Gasteiger partial charge in [-0.15, -0.1) is 0 Å². The highest BCUT2D eigenvalue weighted by Crippen LogP contribution is 2.36. The molecule has 1 aliphatic carbocycles. The number of amidine groups is 1. The molecule has 1 saturated carbocycles. The summed E-state index contributed by atoms with van der Waals surface area (Å²) in [5.41, 5.74) is 0.520. The van der Waals surface area contributed by atoms with Crippen LogP contribution >= 0.6 is 23.8 Å². The van der Waals surface area contributed by atoms with E-state index in [1.54, 1.807) is 0 Å². The fourth-order valence-corrected chi connectivity index (χ4v) is 4.53. The predicted molar refractivity (Wildman–Crippen MR) is 120 cm³/mol. The first-order valence-corrected chi connectivity index (χ1v) is 11.3. The van der Waals surface area contributed by atoms with Gasteiger partial charge in [-0.1, -0.05) is 36.7 Å². The molecule has 1 saturated heterocycles. The van der Waals surface area contributed by atoms with Crippen LogP contribution in [0.2, 0.25) is 5.02 Å². The summed E-state index contributed by atoms with van der Waals surface area (Å²) in [5.74, 6) is -0.608. The summed E-state index contributed by atoms with van der Waals surface area (Å²) in [6.07, 6.45) is 4.05. The van der Waals surface area contributed by atoms with Gasteiger partial charge < -0.3 is 14.8 Å². The first-order chi connectivity index (χ1) is 14.9. The van der Waals surface area contributed by atoms with Gasteiger partial charge in [0.05, 0.1) is 18.1 Å². The SMILES string of the molecule is CCOCCOC(=O)CCC(=S)c1cc(N=C2NC(=O)C3CCCCC23)c(F)cc1Cl. The standard InChI is InChI=1S/C22H26ClFN2O4S/c1-2-29-9-10-30-20(27)8-7-19(31)15-11-18(17(24)12-16(15)23)25-21-13-5-3-4-6-14(13)22(28)26-21/h11-14H,2-10H2,1H3,(H,25,26,28). The first kappa shape index (κ1) is 23.8. The zero-order valence-corrected chi connectivity index (χ0v) is 19.0. The number of amides is 1. The van der Waals surface area contributed by atoms with Crippen LogP contribution in [0.15, 0.2) is 17.1 Å². The Bertz CT molecular complexity index is 893. The highest BCUT2D eigenvalue weighted by Gasteiger charge is 2.41. The van der Waals surface area contributed by atoms with E-state index in [1.807, 2.05) is 6.92 Å². The average molecular weight is 469 g/mol. The lowest BCUT2D eigenvalue weighted by Gasteiger charge is -2.21. The van der Waals surface area contributed by atoms with Crippen molar-refractivity contribution in [1.82, 2.24) is 5.32 Å². The molecule has 0 spiro atoms. The van der Waals surface area contributed by atoms with Crippen LogP contribution in [-0.2, 0) is 19.1 Å². The number of hydrogen-bond acceptors (Lipinski definition) is 6. The van der Waals surface area contributed by atoms with Gasteiger partial charge in [-0.25, -0.2) is 9.38 Å². The van der Waals surface area contributed by atoms with Crippen LogP contribution < -0.4 is 5.32 Å². The number of ether oxygens (including phenoxy) is 2. The van der Waals surface area contributed by atoms with Crippen LogP contribution in [0, 0.1) is 17.7 Å². The number of fused-ring (bicyclic) bond motifs is 1. The lowest BCUT2D eigenvalue weighted by atomic mass is 9.81. The van der Waals surface area contributed by atoms with Crippen molar-refractivity contribution < 1.29 is 23.5 Å². The number of rotatable bonds is 9. The Morgan fingerprint density at radius 3 is 2.74 bits per heavy atom. The van der Waals surface area contributed by atoms with Crippen molar-refractivity contribution in [3.8, 4) is 0 Å². The Morgan fingerprint density at radius 2 is 2.00 bits per heavy atom. The second-order valence-electron chi connectivity index (χ2n) is 7.61. The molecule has 1 amide bonds. The summed E-state index contributed by atoms with van der Waals surface area (Å²) in [6, 6.07) is 2.65. The molecular formula is C22H26ClFN2O4S. The molecule has 2 fully saturated rings. The van der Waals surface area contributed by atoms with Gasteiger partial charge in [-0.05, 0) is 38.3 Å². The Hall–Kier alpha value is -1.90. The number of halogens is 2. The molecular weight excluding hydrogens is 443 g/mol. The summed E-state index contributed by atoms with van der Waals surface area (Å²) >= 11 is 11.6. The number of thiocarbonyl (C=S) groups is 1. The highest BCUT2D eigenvalue weighted by atomic mass is 35.5. The van der Waals surface area contributed by atoms with E-state index in [2.05, 4.69) is 10.3 Å². The van der Waals surface area contributed by atoms with Crippen LogP contribution in [0.25, 0.3) is 0 Å². The number of carbonyl (C=O) groups is 2. The van der Waals surface area contributed by atoms with E-state index in [9.17, 15) is 14.0 Å². The minimum Gasteiger partial charge on any atom is -0.463 e. The number of aliphatic imine (C=N–C) groups is 1. The van der Waals surface area contributed by atoms with Gasteiger partial charge >= 0.3 is 5.97 Å². The molecule has 168 valence electrons. The normalized spacial score (nSPS) is 21.6. The Kier molecular flexibility index (Phi) is 8.51. The van der Waals surface area contributed by atoms with Crippen molar-refractivity contribution in [2.45, 2.75) is 45.4 Å². The maximum absolute atomic E-state index is 14.6. The topological polar surface area (TPSA) is 77.0 Å². The number of esters is 1. The second kappa shape index (κ2) is 11.1. The monoisotopic (exact) mass is 468 g/mol. The van der Waals surface area contributed by atoms with Crippen LogP contribution in [-0.4, -0.2) is 42.4 Å². The van der Waals surface area contributed by atoms with Gasteiger partial charge in [0.2, 0.25) is 5.91 Å². The molecule has 1 N–H and O–H groups in total. The molecule has 1 heterocycles. The predicted octanol–water partition coefficient (Wildman–Crippen LogP) is 4.52. The van der Waals surface area contributed by atoms with E-state index in [0.29, 0.717) is 29.5 Å². The third-order valence-electron chi connectivity index (χ3n) is 5.53. The molecule has 0 aromatic heterocycles. The van der Waals surface area contributed by atoms with Crippen LogP contribution in [0.3, 0.4) is 0 Å². The zero-order valence-electron chi connectivity index (χ0n) is 17.4. The number of benzene rings is 1. The molecule has 31 heavy (non-hydrogen) atoms. The molecule has 0 bridgehead atoms. The minimum absolute atomic E-state index is 0.00168. The molecule has 2 unspecified atom stereocenters. The van der Waals surface area contributed by atoms with E-state index in [4.69, 9.17) is 33.3 Å². The molecule has 9 heteroatoms. The summed E-state index contributed by atoms with van der Waals surface area (Å²) < 4.78 is 24.7. The number of carbonyl (C=O) groups excluding carboxylic acids is 2. The van der Waals surface area contributed by atoms with Crippen molar-refractivity contribution in [1.29, 1.82) is 0 Å². The lowest BCUT2D eigenvalue weighted by Crippen LogP contribution is -2.22. The van der Waals surface area contributed by atoms with Crippen LogP contribution in [0.4, 0.5) is 10.1 Å². The summed E-state index contributed by atoms with van der Waals surface area (Å²) in [5, 5.41) is 2.97. The molecule has 1 aliphatic heterocycles. The molecule has 2 atom stereocenters.